The standard InChI is InChI=1S/C12H14N2O2/c15-12-8-16-11-4-2-1-3-10(11)14(12)7-9-5-13-6-9/h1-4,9,13H,5-8H2. The van der Waals surface area contributed by atoms with Crippen LogP contribution in [0.1, 0.15) is 0 Å². The van der Waals surface area contributed by atoms with Gasteiger partial charge in [-0.05, 0) is 12.1 Å². The normalized spacial score (nSPS) is 20.0. The van der Waals surface area contributed by atoms with Crippen molar-refractivity contribution < 1.29 is 9.53 Å². The number of benzene rings is 1. The number of nitrogens with zero attached hydrogens (tertiary/aromatic N) is 1. The van der Waals surface area contributed by atoms with Crippen molar-refractivity contribution in [2.45, 2.75) is 0 Å². The van der Waals surface area contributed by atoms with Gasteiger partial charge < -0.3 is 15.0 Å². The van der Waals surface area contributed by atoms with E-state index in [9.17, 15) is 4.79 Å². The second kappa shape index (κ2) is 3.79. The first-order chi connectivity index (χ1) is 7.84. The molecule has 2 aliphatic rings. The Bertz CT molecular complexity index is 415. The fourth-order valence-corrected chi connectivity index (χ4v) is 2.09. The molecule has 0 saturated carbocycles. The number of carbonyl (C=O) groups excluding carboxylic acids is 1. The molecule has 1 saturated heterocycles. The van der Waals surface area contributed by atoms with Crippen LogP contribution < -0.4 is 15.0 Å². The average molecular weight is 218 g/mol. The Morgan fingerprint density at radius 3 is 2.94 bits per heavy atom. The number of ether oxygens (including phenoxy) is 1. The van der Waals surface area contributed by atoms with Gasteiger partial charge in [-0.15, -0.1) is 0 Å². The number of hydrogen-bond donors (Lipinski definition) is 1. The molecule has 0 bridgehead atoms. The highest BCUT2D eigenvalue weighted by Crippen LogP contribution is 2.32. The monoisotopic (exact) mass is 218 g/mol. The van der Waals surface area contributed by atoms with Gasteiger partial charge in [0.25, 0.3) is 5.91 Å². The van der Waals surface area contributed by atoms with Crippen LogP contribution in [0.15, 0.2) is 24.3 Å². The van der Waals surface area contributed by atoms with Gasteiger partial charge >= 0.3 is 0 Å². The highest BCUT2D eigenvalue weighted by Gasteiger charge is 2.29. The number of para-hydroxylation sites is 2. The molecule has 3 rings (SSSR count). The Morgan fingerprint density at radius 1 is 1.38 bits per heavy atom. The summed E-state index contributed by atoms with van der Waals surface area (Å²) in [4.78, 5) is 13.7. The van der Waals surface area contributed by atoms with Gasteiger partial charge in [-0.25, -0.2) is 0 Å². The van der Waals surface area contributed by atoms with Crippen LogP contribution in [-0.4, -0.2) is 32.1 Å². The zero-order valence-electron chi connectivity index (χ0n) is 8.98. The predicted molar refractivity (Wildman–Crippen MR) is 60.6 cm³/mol. The summed E-state index contributed by atoms with van der Waals surface area (Å²) < 4.78 is 5.39. The smallest absolute Gasteiger partial charge is 0.265 e. The third-order valence-electron chi connectivity index (χ3n) is 3.12. The molecule has 0 aliphatic carbocycles. The third-order valence-corrected chi connectivity index (χ3v) is 3.12. The Balaban J connectivity index is 1.87. The molecule has 1 aromatic rings. The van der Waals surface area contributed by atoms with Gasteiger partial charge in [0.15, 0.2) is 6.61 Å². The van der Waals surface area contributed by atoms with Crippen molar-refractivity contribution in [1.82, 2.24) is 5.32 Å². The lowest BCUT2D eigenvalue weighted by Crippen LogP contribution is -2.51. The molecule has 1 amide bonds. The molecule has 1 fully saturated rings. The summed E-state index contributed by atoms with van der Waals surface area (Å²) in [5, 5.41) is 3.22. The topological polar surface area (TPSA) is 41.6 Å². The number of hydrogen-bond acceptors (Lipinski definition) is 3. The summed E-state index contributed by atoms with van der Waals surface area (Å²) in [7, 11) is 0. The van der Waals surface area contributed by atoms with Crippen molar-refractivity contribution in [1.29, 1.82) is 0 Å². The highest BCUT2D eigenvalue weighted by atomic mass is 16.5. The van der Waals surface area contributed by atoms with E-state index in [1.807, 2.05) is 29.2 Å². The van der Waals surface area contributed by atoms with E-state index in [4.69, 9.17) is 4.74 Å². The van der Waals surface area contributed by atoms with Crippen LogP contribution in [0.2, 0.25) is 0 Å². The molecule has 2 heterocycles. The first-order valence-electron chi connectivity index (χ1n) is 5.57. The second-order valence-corrected chi connectivity index (χ2v) is 4.29. The average Bonchev–Trinajstić information content (AvgIpc) is 2.25. The lowest BCUT2D eigenvalue weighted by molar-refractivity contribution is -0.121. The third kappa shape index (κ3) is 1.55. The van der Waals surface area contributed by atoms with E-state index in [1.165, 1.54) is 0 Å². The van der Waals surface area contributed by atoms with Gasteiger partial charge in [-0.2, -0.15) is 0 Å². The van der Waals surface area contributed by atoms with Crippen molar-refractivity contribution >= 4 is 11.6 Å². The molecule has 2 aliphatic heterocycles. The Morgan fingerprint density at radius 2 is 2.19 bits per heavy atom. The fourth-order valence-electron chi connectivity index (χ4n) is 2.09. The first kappa shape index (κ1) is 9.66. The maximum atomic E-state index is 11.8. The number of anilines is 1. The summed E-state index contributed by atoms with van der Waals surface area (Å²) >= 11 is 0. The number of nitrogens with one attached hydrogen (secondary N) is 1. The minimum absolute atomic E-state index is 0.0607. The maximum absolute atomic E-state index is 11.8. The molecule has 4 heteroatoms. The van der Waals surface area contributed by atoms with Crippen LogP contribution in [0.25, 0.3) is 0 Å². The summed E-state index contributed by atoms with van der Waals surface area (Å²) in [5.41, 5.74) is 0.908. The van der Waals surface area contributed by atoms with Crippen LogP contribution in [0, 0.1) is 5.92 Å². The zero-order valence-corrected chi connectivity index (χ0v) is 8.98. The highest BCUT2D eigenvalue weighted by molar-refractivity contribution is 5.97. The maximum Gasteiger partial charge on any atom is 0.265 e. The van der Waals surface area contributed by atoms with Crippen molar-refractivity contribution in [2.24, 2.45) is 5.92 Å². The largest absolute Gasteiger partial charge is 0.482 e. The second-order valence-electron chi connectivity index (χ2n) is 4.29. The van der Waals surface area contributed by atoms with Gasteiger partial charge in [0.1, 0.15) is 5.75 Å². The van der Waals surface area contributed by atoms with E-state index in [0.29, 0.717) is 5.92 Å². The zero-order chi connectivity index (χ0) is 11.0. The fraction of sp³-hybridized carbons (Fsp3) is 0.417. The van der Waals surface area contributed by atoms with E-state index in [2.05, 4.69) is 5.32 Å². The van der Waals surface area contributed by atoms with Crippen molar-refractivity contribution in [3.63, 3.8) is 0 Å². The molecular formula is C12H14N2O2. The van der Waals surface area contributed by atoms with Gasteiger partial charge in [0.2, 0.25) is 0 Å². The number of carbonyl (C=O) groups is 1. The Kier molecular flexibility index (Phi) is 2.29. The van der Waals surface area contributed by atoms with Crippen LogP contribution in [0.4, 0.5) is 5.69 Å². The molecule has 0 unspecified atom stereocenters. The van der Waals surface area contributed by atoms with Crippen molar-refractivity contribution in [3.8, 4) is 5.75 Å². The molecule has 16 heavy (non-hydrogen) atoms. The molecule has 0 aromatic heterocycles. The minimum Gasteiger partial charge on any atom is -0.482 e. The van der Waals surface area contributed by atoms with Crippen LogP contribution >= 0.6 is 0 Å². The summed E-state index contributed by atoms with van der Waals surface area (Å²) in [6.07, 6.45) is 0. The SMILES string of the molecule is O=C1COc2ccccc2N1CC1CNC1. The van der Waals surface area contributed by atoms with E-state index in [1.54, 1.807) is 0 Å². The molecule has 1 aromatic carbocycles. The molecule has 0 radical (unpaired) electrons. The Labute approximate surface area is 94.2 Å². The quantitative estimate of drug-likeness (QED) is 0.791. The Hall–Kier alpha value is -1.55. The van der Waals surface area contributed by atoms with Gasteiger partial charge in [-0.3, -0.25) is 4.79 Å². The first-order valence-corrected chi connectivity index (χ1v) is 5.57. The van der Waals surface area contributed by atoms with E-state index >= 15 is 0 Å². The van der Waals surface area contributed by atoms with Gasteiger partial charge in [-0.1, -0.05) is 12.1 Å². The van der Waals surface area contributed by atoms with E-state index in [-0.39, 0.29) is 12.5 Å². The molecule has 0 spiro atoms. The van der Waals surface area contributed by atoms with Gasteiger partial charge in [0, 0.05) is 25.6 Å². The summed E-state index contributed by atoms with van der Waals surface area (Å²) in [5.74, 6) is 1.45. The molecule has 84 valence electrons. The van der Waals surface area contributed by atoms with E-state index in [0.717, 1.165) is 31.1 Å². The van der Waals surface area contributed by atoms with Crippen molar-refractivity contribution in [3.05, 3.63) is 24.3 Å². The van der Waals surface area contributed by atoms with Gasteiger partial charge in [0.05, 0.1) is 5.69 Å². The molecular weight excluding hydrogens is 204 g/mol. The number of fused-ring (bicyclic) bond motifs is 1. The molecule has 1 N–H and O–H groups in total. The lowest BCUT2D eigenvalue weighted by Gasteiger charge is -2.35. The molecule has 0 atom stereocenters. The number of rotatable bonds is 2. The van der Waals surface area contributed by atoms with E-state index < -0.39 is 0 Å². The predicted octanol–water partition coefficient (Wildman–Crippen LogP) is 0.631. The van der Waals surface area contributed by atoms with Crippen LogP contribution in [0.5, 0.6) is 5.75 Å². The summed E-state index contributed by atoms with van der Waals surface area (Å²) in [6, 6.07) is 7.72. The summed E-state index contributed by atoms with van der Waals surface area (Å²) in [6.45, 7) is 2.98. The molecule has 4 nitrogen and oxygen atoms in total. The van der Waals surface area contributed by atoms with Crippen LogP contribution in [-0.2, 0) is 4.79 Å². The van der Waals surface area contributed by atoms with Crippen molar-refractivity contribution in [2.75, 3.05) is 31.1 Å². The van der Waals surface area contributed by atoms with Crippen LogP contribution in [0.3, 0.4) is 0 Å². The number of amides is 1. The lowest BCUT2D eigenvalue weighted by atomic mass is 10.0. The minimum atomic E-state index is 0.0607.